The molecule has 0 aliphatic heterocycles. The zero-order valence-electron chi connectivity index (χ0n) is 13.4. The van der Waals surface area contributed by atoms with Gasteiger partial charge in [0.1, 0.15) is 0 Å². The minimum atomic E-state index is -4.73. The van der Waals surface area contributed by atoms with E-state index in [9.17, 15) is 18.3 Å². The molecule has 0 saturated heterocycles. The Morgan fingerprint density at radius 1 is 1.08 bits per heavy atom. The fourth-order valence-electron chi connectivity index (χ4n) is 3.25. The van der Waals surface area contributed by atoms with E-state index in [0.717, 1.165) is 38.3 Å². The van der Waals surface area contributed by atoms with Crippen LogP contribution in [0, 0.1) is 0 Å². The number of nitrogens with zero attached hydrogens (tertiary/aromatic N) is 1. The highest BCUT2D eigenvalue weighted by molar-refractivity contribution is 5.61. The van der Waals surface area contributed by atoms with Gasteiger partial charge in [-0.2, -0.15) is 13.2 Å². The molecule has 0 spiro atoms. The van der Waals surface area contributed by atoms with Gasteiger partial charge in [0.25, 0.3) is 0 Å². The molecule has 1 unspecified atom stereocenters. The number of aromatic nitrogens is 1. The quantitative estimate of drug-likeness (QED) is 0.840. The summed E-state index contributed by atoms with van der Waals surface area (Å²) in [6.07, 6.45) is 2.31. The Morgan fingerprint density at radius 3 is 2.29 bits per heavy atom. The normalized spacial score (nSPS) is 19.2. The Labute approximate surface area is 138 Å². The van der Waals surface area contributed by atoms with Crippen LogP contribution in [-0.2, 0) is 5.60 Å². The van der Waals surface area contributed by atoms with E-state index < -0.39 is 11.8 Å². The van der Waals surface area contributed by atoms with Crippen LogP contribution in [-0.4, -0.2) is 16.3 Å². The molecular weight excluding hydrogens is 319 g/mol. The highest BCUT2D eigenvalue weighted by Gasteiger charge is 2.51. The highest BCUT2D eigenvalue weighted by atomic mass is 19.4. The van der Waals surface area contributed by atoms with Gasteiger partial charge in [-0.3, -0.25) is 0 Å². The van der Waals surface area contributed by atoms with Crippen molar-refractivity contribution >= 4 is 0 Å². The molecule has 1 atom stereocenters. The lowest BCUT2D eigenvalue weighted by atomic mass is 9.85. The number of alkyl halides is 3. The van der Waals surface area contributed by atoms with E-state index in [1.807, 2.05) is 0 Å². The van der Waals surface area contributed by atoms with E-state index in [2.05, 4.69) is 4.98 Å². The lowest BCUT2D eigenvalue weighted by Crippen LogP contribution is -2.39. The van der Waals surface area contributed by atoms with Crippen LogP contribution in [0.25, 0.3) is 11.3 Å². The van der Waals surface area contributed by atoms with E-state index in [1.54, 1.807) is 12.1 Å². The number of hydrogen-bond acceptors (Lipinski definition) is 3. The molecule has 1 saturated carbocycles. The van der Waals surface area contributed by atoms with Gasteiger partial charge in [-0.15, -0.1) is 0 Å². The molecule has 1 aliphatic carbocycles. The maximum atomic E-state index is 12.9. The number of oxazole rings is 1. The third-order valence-electron chi connectivity index (χ3n) is 4.85. The molecule has 24 heavy (non-hydrogen) atoms. The second-order valence-electron chi connectivity index (χ2n) is 6.55. The molecule has 3 rings (SSSR count). The third-order valence-corrected chi connectivity index (χ3v) is 4.85. The first-order valence-corrected chi connectivity index (χ1v) is 8.14. The molecule has 130 valence electrons. The minimum absolute atomic E-state index is 0.197. The molecule has 1 aromatic heterocycles. The van der Waals surface area contributed by atoms with Crippen molar-refractivity contribution < 1.29 is 22.7 Å². The summed E-state index contributed by atoms with van der Waals surface area (Å²) >= 11 is 0. The van der Waals surface area contributed by atoms with Gasteiger partial charge >= 0.3 is 6.18 Å². The van der Waals surface area contributed by atoms with Crippen molar-refractivity contribution in [2.45, 2.75) is 56.7 Å². The average Bonchev–Trinajstić information content (AvgIpc) is 3.04. The smallest absolute Gasteiger partial charge is 0.421 e. The highest BCUT2D eigenvalue weighted by Crippen LogP contribution is 2.40. The van der Waals surface area contributed by atoms with Gasteiger partial charge in [0.15, 0.2) is 17.8 Å². The van der Waals surface area contributed by atoms with E-state index in [1.165, 1.54) is 24.9 Å². The first kappa shape index (κ1) is 17.0. The van der Waals surface area contributed by atoms with Gasteiger partial charge in [0, 0.05) is 11.5 Å². The van der Waals surface area contributed by atoms with Crippen molar-refractivity contribution in [3.05, 3.63) is 41.9 Å². The Kier molecular flexibility index (Phi) is 4.42. The first-order valence-electron chi connectivity index (χ1n) is 8.14. The van der Waals surface area contributed by atoms with Gasteiger partial charge in [-0.25, -0.2) is 4.98 Å². The zero-order valence-corrected chi connectivity index (χ0v) is 13.4. The summed E-state index contributed by atoms with van der Waals surface area (Å²) in [7, 11) is 0. The summed E-state index contributed by atoms with van der Waals surface area (Å²) in [6, 6.07) is 5.66. The van der Waals surface area contributed by atoms with Crippen molar-refractivity contribution in [1.82, 2.24) is 4.98 Å². The largest absolute Gasteiger partial charge is 0.443 e. The number of halogens is 3. The van der Waals surface area contributed by atoms with E-state index in [4.69, 9.17) is 4.42 Å². The fourth-order valence-corrected chi connectivity index (χ4v) is 3.25. The van der Waals surface area contributed by atoms with Crippen molar-refractivity contribution in [3.8, 4) is 11.3 Å². The number of hydrogen-bond donors (Lipinski definition) is 1. The Morgan fingerprint density at radius 2 is 1.71 bits per heavy atom. The second-order valence-corrected chi connectivity index (χ2v) is 6.55. The van der Waals surface area contributed by atoms with Crippen molar-refractivity contribution in [2.75, 3.05) is 0 Å². The van der Waals surface area contributed by atoms with Crippen molar-refractivity contribution in [2.24, 2.45) is 0 Å². The van der Waals surface area contributed by atoms with Crippen LogP contribution in [0.4, 0.5) is 13.2 Å². The van der Waals surface area contributed by atoms with Crippen LogP contribution in [0.1, 0.15) is 56.2 Å². The number of benzene rings is 1. The monoisotopic (exact) mass is 339 g/mol. The minimum Gasteiger partial charge on any atom is -0.443 e. The lowest BCUT2D eigenvalue weighted by molar-refractivity contribution is -0.258. The lowest BCUT2D eigenvalue weighted by Gasteiger charge is -2.26. The van der Waals surface area contributed by atoms with E-state index >= 15 is 0 Å². The number of rotatable bonds is 3. The standard InChI is InChI=1S/C18H20F3NO2/c1-17(23,18(19,20)21)14-9-7-13(8-10-14)16-15(22-11-24-16)12-5-3-2-4-6-12/h7-12,23H,2-6H2,1H3. The Hall–Kier alpha value is -1.82. The van der Waals surface area contributed by atoms with Crippen LogP contribution >= 0.6 is 0 Å². The first-order chi connectivity index (χ1) is 11.3. The maximum Gasteiger partial charge on any atom is 0.421 e. The van der Waals surface area contributed by atoms with Crippen molar-refractivity contribution in [1.29, 1.82) is 0 Å². The fraction of sp³-hybridized carbons (Fsp3) is 0.500. The molecule has 0 bridgehead atoms. The summed E-state index contributed by atoms with van der Waals surface area (Å²) in [5.41, 5.74) is -1.52. The summed E-state index contributed by atoms with van der Waals surface area (Å²) in [4.78, 5) is 4.33. The molecule has 1 N–H and O–H groups in total. The molecule has 1 heterocycles. The predicted molar refractivity (Wildman–Crippen MR) is 83.4 cm³/mol. The van der Waals surface area contributed by atoms with Gasteiger partial charge in [0.05, 0.1) is 5.69 Å². The molecule has 0 amide bonds. The Balaban J connectivity index is 1.88. The molecule has 2 aromatic rings. The topological polar surface area (TPSA) is 46.3 Å². The number of aliphatic hydroxyl groups is 1. The van der Waals surface area contributed by atoms with E-state index in [0.29, 0.717) is 17.2 Å². The van der Waals surface area contributed by atoms with Crippen LogP contribution < -0.4 is 0 Å². The Bertz CT molecular complexity index is 683. The van der Waals surface area contributed by atoms with Gasteiger partial charge in [0.2, 0.25) is 0 Å². The van der Waals surface area contributed by atoms with Crippen LogP contribution in [0.15, 0.2) is 35.1 Å². The molecule has 3 nitrogen and oxygen atoms in total. The predicted octanol–water partition coefficient (Wildman–Crippen LogP) is 5.16. The molecular formula is C18H20F3NO2. The molecule has 0 radical (unpaired) electrons. The summed E-state index contributed by atoms with van der Waals surface area (Å²) in [5.74, 6) is 0.950. The van der Waals surface area contributed by atoms with Crippen LogP contribution in [0.2, 0.25) is 0 Å². The van der Waals surface area contributed by atoms with Crippen LogP contribution in [0.5, 0.6) is 0 Å². The second kappa shape index (κ2) is 6.24. The summed E-state index contributed by atoms with van der Waals surface area (Å²) < 4.78 is 44.3. The van der Waals surface area contributed by atoms with Gasteiger partial charge in [-0.1, -0.05) is 43.5 Å². The van der Waals surface area contributed by atoms with Crippen LogP contribution in [0.3, 0.4) is 0 Å². The van der Waals surface area contributed by atoms with Gasteiger partial charge in [-0.05, 0) is 25.3 Å². The molecule has 1 aromatic carbocycles. The molecule has 1 fully saturated rings. The molecule has 1 aliphatic rings. The maximum absolute atomic E-state index is 12.9. The summed E-state index contributed by atoms with van der Waals surface area (Å²) in [5, 5.41) is 9.74. The third kappa shape index (κ3) is 3.07. The molecule has 6 heteroatoms. The SMILES string of the molecule is CC(O)(c1ccc(-c2ocnc2C2CCCCC2)cc1)C(F)(F)F. The van der Waals surface area contributed by atoms with Crippen molar-refractivity contribution in [3.63, 3.8) is 0 Å². The summed E-state index contributed by atoms with van der Waals surface area (Å²) in [6.45, 7) is 0.754. The van der Waals surface area contributed by atoms with E-state index in [-0.39, 0.29) is 5.56 Å². The zero-order chi connectivity index (χ0) is 17.4. The van der Waals surface area contributed by atoms with Gasteiger partial charge < -0.3 is 9.52 Å². The average molecular weight is 339 g/mol.